The minimum atomic E-state index is 0.0261. The van der Waals surface area contributed by atoms with Crippen molar-refractivity contribution in [2.75, 3.05) is 26.2 Å². The van der Waals surface area contributed by atoms with Gasteiger partial charge in [-0.05, 0) is 38.3 Å². The highest BCUT2D eigenvalue weighted by Gasteiger charge is 2.34. The van der Waals surface area contributed by atoms with Crippen molar-refractivity contribution in [1.29, 1.82) is 0 Å². The van der Waals surface area contributed by atoms with E-state index in [1.165, 1.54) is 12.8 Å². The van der Waals surface area contributed by atoms with Gasteiger partial charge in [0.1, 0.15) is 0 Å². The first-order valence-electron chi connectivity index (χ1n) is 8.58. The number of likely N-dealkylation sites (tertiary alicyclic amines) is 1. The van der Waals surface area contributed by atoms with Gasteiger partial charge in [-0.25, -0.2) is 0 Å². The zero-order valence-corrected chi connectivity index (χ0v) is 14.7. The summed E-state index contributed by atoms with van der Waals surface area (Å²) in [6, 6.07) is 8.87. The van der Waals surface area contributed by atoms with Crippen molar-refractivity contribution in [2.24, 2.45) is 0 Å². The van der Waals surface area contributed by atoms with Crippen LogP contribution in [0.3, 0.4) is 0 Å². The second-order valence-corrected chi connectivity index (χ2v) is 7.18. The molecule has 0 aliphatic carbocycles. The Hall–Kier alpha value is -1.10. The maximum Gasteiger partial charge on any atom is 0.237 e. The topological polar surface area (TPSA) is 35.6 Å². The lowest BCUT2D eigenvalue weighted by Gasteiger charge is -2.38. The van der Waals surface area contributed by atoms with Crippen molar-refractivity contribution < 1.29 is 4.79 Å². The third kappa shape index (κ3) is 3.54. The van der Waals surface area contributed by atoms with Crippen LogP contribution in [0.2, 0.25) is 5.02 Å². The molecule has 1 aromatic rings. The summed E-state index contributed by atoms with van der Waals surface area (Å²) in [5, 5.41) is 4.13. The molecule has 2 saturated heterocycles. The van der Waals surface area contributed by atoms with Crippen LogP contribution in [0.5, 0.6) is 0 Å². The van der Waals surface area contributed by atoms with Gasteiger partial charge in [-0.15, -0.1) is 0 Å². The average Bonchev–Trinajstić information content (AvgIpc) is 2.87. The summed E-state index contributed by atoms with van der Waals surface area (Å²) in [5.74, 6) is 0.219. The molecule has 1 aromatic carbocycles. The van der Waals surface area contributed by atoms with E-state index in [2.05, 4.69) is 24.1 Å². The maximum atomic E-state index is 13.0. The van der Waals surface area contributed by atoms with Crippen LogP contribution in [0, 0.1) is 0 Å². The van der Waals surface area contributed by atoms with Crippen LogP contribution in [0.25, 0.3) is 0 Å². The molecule has 0 aromatic heterocycles. The van der Waals surface area contributed by atoms with E-state index in [1.54, 1.807) is 0 Å². The largest absolute Gasteiger partial charge is 0.332 e. The normalized spacial score (nSPS) is 29.0. The molecule has 2 heterocycles. The highest BCUT2D eigenvalue weighted by Crippen LogP contribution is 2.29. The fourth-order valence-electron chi connectivity index (χ4n) is 3.83. The molecule has 3 unspecified atom stereocenters. The second kappa shape index (κ2) is 7.20. The van der Waals surface area contributed by atoms with Crippen molar-refractivity contribution in [3.63, 3.8) is 0 Å². The molecule has 0 saturated carbocycles. The predicted molar refractivity (Wildman–Crippen MR) is 93.6 cm³/mol. The Labute approximate surface area is 143 Å². The molecule has 5 heteroatoms. The summed E-state index contributed by atoms with van der Waals surface area (Å²) in [6.45, 7) is 7.31. The van der Waals surface area contributed by atoms with Gasteiger partial charge in [0, 0.05) is 36.7 Å². The minimum Gasteiger partial charge on any atom is -0.332 e. The van der Waals surface area contributed by atoms with E-state index in [-0.39, 0.29) is 11.9 Å². The van der Waals surface area contributed by atoms with Gasteiger partial charge in [0.15, 0.2) is 0 Å². The number of hydrogen-bond acceptors (Lipinski definition) is 3. The standard InChI is InChI=1S/C18H26ClN3O/c1-13-7-8-14(2)22(13)12-18(23)21-10-9-20-11-17(21)15-5-3-4-6-16(15)19/h3-6,13-14,17,20H,7-12H2,1-2H3. The molecule has 0 radical (unpaired) electrons. The first kappa shape index (κ1) is 16.7. The van der Waals surface area contributed by atoms with Crippen molar-refractivity contribution in [3.05, 3.63) is 34.9 Å². The Bertz CT molecular complexity index is 555. The van der Waals surface area contributed by atoms with Crippen molar-refractivity contribution in [1.82, 2.24) is 15.1 Å². The number of nitrogens with zero attached hydrogens (tertiary/aromatic N) is 2. The van der Waals surface area contributed by atoms with Gasteiger partial charge >= 0.3 is 0 Å². The smallest absolute Gasteiger partial charge is 0.237 e. The molecule has 0 spiro atoms. The molecular weight excluding hydrogens is 310 g/mol. The zero-order valence-electron chi connectivity index (χ0n) is 14.0. The molecule has 3 atom stereocenters. The van der Waals surface area contributed by atoms with Crippen LogP contribution in [0.15, 0.2) is 24.3 Å². The van der Waals surface area contributed by atoms with Crippen LogP contribution in [0.1, 0.15) is 38.3 Å². The first-order chi connectivity index (χ1) is 11.1. The number of halogens is 1. The van der Waals surface area contributed by atoms with E-state index in [0.29, 0.717) is 18.6 Å². The average molecular weight is 336 g/mol. The number of piperazine rings is 1. The molecule has 1 N–H and O–H groups in total. The fourth-order valence-corrected chi connectivity index (χ4v) is 4.09. The minimum absolute atomic E-state index is 0.0261. The first-order valence-corrected chi connectivity index (χ1v) is 8.96. The maximum absolute atomic E-state index is 13.0. The molecule has 126 valence electrons. The molecule has 2 aliphatic rings. The molecule has 3 rings (SSSR count). The van der Waals surface area contributed by atoms with Gasteiger partial charge in [0.25, 0.3) is 0 Å². The molecular formula is C18H26ClN3O. The molecule has 1 amide bonds. The highest BCUT2D eigenvalue weighted by molar-refractivity contribution is 6.31. The lowest BCUT2D eigenvalue weighted by atomic mass is 10.0. The van der Waals surface area contributed by atoms with E-state index >= 15 is 0 Å². The van der Waals surface area contributed by atoms with Gasteiger partial charge in [0.2, 0.25) is 5.91 Å². The Morgan fingerprint density at radius 1 is 1.26 bits per heavy atom. The summed E-state index contributed by atoms with van der Waals surface area (Å²) in [7, 11) is 0. The molecule has 2 aliphatic heterocycles. The van der Waals surface area contributed by atoms with Gasteiger partial charge in [-0.3, -0.25) is 9.69 Å². The van der Waals surface area contributed by atoms with E-state index in [0.717, 1.165) is 30.2 Å². The summed E-state index contributed by atoms with van der Waals surface area (Å²) < 4.78 is 0. The quantitative estimate of drug-likeness (QED) is 0.922. The number of hydrogen-bond donors (Lipinski definition) is 1. The lowest BCUT2D eigenvalue weighted by molar-refractivity contribution is -0.136. The summed E-state index contributed by atoms with van der Waals surface area (Å²) in [5.41, 5.74) is 1.04. The SMILES string of the molecule is CC1CCC(C)N1CC(=O)N1CCNCC1c1ccccc1Cl. The number of carbonyl (C=O) groups is 1. The summed E-state index contributed by atoms with van der Waals surface area (Å²) in [4.78, 5) is 17.3. The van der Waals surface area contributed by atoms with Crippen LogP contribution in [-0.2, 0) is 4.79 Å². The second-order valence-electron chi connectivity index (χ2n) is 6.78. The number of amides is 1. The summed E-state index contributed by atoms with van der Waals surface area (Å²) >= 11 is 6.37. The number of rotatable bonds is 3. The number of carbonyl (C=O) groups excluding carboxylic acids is 1. The fraction of sp³-hybridized carbons (Fsp3) is 0.611. The summed E-state index contributed by atoms with van der Waals surface area (Å²) in [6.07, 6.45) is 2.37. The van der Waals surface area contributed by atoms with Crippen LogP contribution in [-0.4, -0.2) is 54.0 Å². The van der Waals surface area contributed by atoms with E-state index in [4.69, 9.17) is 11.6 Å². The van der Waals surface area contributed by atoms with E-state index < -0.39 is 0 Å². The molecule has 0 bridgehead atoms. The van der Waals surface area contributed by atoms with Crippen LogP contribution >= 0.6 is 11.6 Å². The van der Waals surface area contributed by atoms with Crippen molar-refractivity contribution in [3.8, 4) is 0 Å². The zero-order chi connectivity index (χ0) is 16.4. The van der Waals surface area contributed by atoms with Gasteiger partial charge in [-0.2, -0.15) is 0 Å². The van der Waals surface area contributed by atoms with Crippen LogP contribution in [0.4, 0.5) is 0 Å². The third-order valence-corrected chi connectivity index (χ3v) is 5.62. The van der Waals surface area contributed by atoms with Gasteiger partial charge in [0.05, 0.1) is 12.6 Å². The van der Waals surface area contributed by atoms with Crippen molar-refractivity contribution in [2.45, 2.75) is 44.8 Å². The van der Waals surface area contributed by atoms with E-state index in [9.17, 15) is 4.79 Å². The highest BCUT2D eigenvalue weighted by atomic mass is 35.5. The van der Waals surface area contributed by atoms with Gasteiger partial charge in [-0.1, -0.05) is 29.8 Å². The van der Waals surface area contributed by atoms with Crippen LogP contribution < -0.4 is 5.32 Å². The molecule has 23 heavy (non-hydrogen) atoms. The van der Waals surface area contributed by atoms with Gasteiger partial charge < -0.3 is 10.2 Å². The lowest BCUT2D eigenvalue weighted by Crippen LogP contribution is -2.52. The number of nitrogens with one attached hydrogen (secondary N) is 1. The van der Waals surface area contributed by atoms with Crippen molar-refractivity contribution >= 4 is 17.5 Å². The van der Waals surface area contributed by atoms with E-state index in [1.807, 2.05) is 29.2 Å². The molecule has 4 nitrogen and oxygen atoms in total. The Morgan fingerprint density at radius 2 is 1.96 bits per heavy atom. The number of benzene rings is 1. The molecule has 2 fully saturated rings. The predicted octanol–water partition coefficient (Wildman–Crippen LogP) is 2.69. The Balaban J connectivity index is 1.76. The monoisotopic (exact) mass is 335 g/mol. The third-order valence-electron chi connectivity index (χ3n) is 5.28. The Morgan fingerprint density at radius 3 is 2.65 bits per heavy atom. The Kier molecular flexibility index (Phi) is 5.24.